The molecule has 0 radical (unpaired) electrons. The van der Waals surface area contributed by atoms with Crippen molar-refractivity contribution in [3.05, 3.63) is 47.0 Å². The van der Waals surface area contributed by atoms with Crippen molar-refractivity contribution < 1.29 is 17.9 Å². The van der Waals surface area contributed by atoms with Crippen LogP contribution in [0, 0.1) is 0 Å². The molecule has 0 saturated carbocycles. The number of anilines is 2. The lowest BCUT2D eigenvalue weighted by molar-refractivity contribution is -0.116. The average Bonchev–Trinajstić information content (AvgIpc) is 2.54. The Balaban J connectivity index is 1.89. The molecule has 2 aromatic carbocycles. The molecule has 0 aliphatic carbocycles. The molecule has 1 heterocycles. The molecule has 1 aliphatic heterocycles. The van der Waals surface area contributed by atoms with Gasteiger partial charge in [-0.3, -0.25) is 9.52 Å². The van der Waals surface area contributed by atoms with Crippen LogP contribution in [0.4, 0.5) is 11.4 Å². The van der Waals surface area contributed by atoms with Gasteiger partial charge in [-0.1, -0.05) is 11.6 Å². The minimum absolute atomic E-state index is 0.0315. The molecule has 2 aromatic rings. The molecule has 2 N–H and O–H groups in total. The normalized spacial score (nSPS) is 13.8. The molecular formula is C16H15ClN2O4S. The topological polar surface area (TPSA) is 84.5 Å². The van der Waals surface area contributed by atoms with E-state index in [1.165, 1.54) is 25.3 Å². The maximum atomic E-state index is 12.5. The van der Waals surface area contributed by atoms with Gasteiger partial charge in [-0.2, -0.15) is 0 Å². The standard InChI is InChI=1S/C16H15ClN2O4S/c1-23-12-4-6-15(13(17)9-12)24(21,22)19-11-3-5-14-10(8-11)2-7-16(20)18-14/h3-6,8-9,19H,2,7H2,1H3,(H,18,20). The van der Waals surface area contributed by atoms with Gasteiger partial charge in [0.2, 0.25) is 5.91 Å². The van der Waals surface area contributed by atoms with Gasteiger partial charge < -0.3 is 10.1 Å². The summed E-state index contributed by atoms with van der Waals surface area (Å²) in [6, 6.07) is 9.35. The first kappa shape index (κ1) is 16.6. The number of benzene rings is 2. The number of aryl methyl sites for hydroxylation is 1. The number of methoxy groups -OCH3 is 1. The molecule has 6 nitrogen and oxygen atoms in total. The van der Waals surface area contributed by atoms with E-state index in [9.17, 15) is 13.2 Å². The summed E-state index contributed by atoms with van der Waals surface area (Å²) in [5.74, 6) is 0.435. The zero-order chi connectivity index (χ0) is 17.3. The van der Waals surface area contributed by atoms with Crippen LogP contribution in [0.3, 0.4) is 0 Å². The SMILES string of the molecule is COc1ccc(S(=O)(=O)Nc2ccc3c(c2)CCC(=O)N3)c(Cl)c1. The summed E-state index contributed by atoms with van der Waals surface area (Å²) < 4.78 is 32.6. The molecule has 8 heteroatoms. The molecule has 126 valence electrons. The van der Waals surface area contributed by atoms with Crippen LogP contribution in [0.5, 0.6) is 5.75 Å². The van der Waals surface area contributed by atoms with Crippen molar-refractivity contribution in [3.63, 3.8) is 0 Å². The average molecular weight is 367 g/mol. The lowest BCUT2D eigenvalue weighted by Crippen LogP contribution is -2.19. The second-order valence-corrected chi connectivity index (χ2v) is 7.38. The number of halogens is 1. The number of nitrogens with one attached hydrogen (secondary N) is 2. The van der Waals surface area contributed by atoms with Gasteiger partial charge >= 0.3 is 0 Å². The number of rotatable bonds is 4. The predicted octanol–water partition coefficient (Wildman–Crippen LogP) is 3.03. The number of amides is 1. The van der Waals surface area contributed by atoms with Crippen LogP contribution in [0.25, 0.3) is 0 Å². The maximum Gasteiger partial charge on any atom is 0.263 e. The van der Waals surface area contributed by atoms with Crippen molar-refractivity contribution in [2.24, 2.45) is 0 Å². The van der Waals surface area contributed by atoms with Crippen molar-refractivity contribution in [2.45, 2.75) is 17.7 Å². The maximum absolute atomic E-state index is 12.5. The molecule has 1 amide bonds. The van der Waals surface area contributed by atoms with E-state index < -0.39 is 10.0 Å². The van der Waals surface area contributed by atoms with Gasteiger partial charge in [0.1, 0.15) is 10.6 Å². The van der Waals surface area contributed by atoms with E-state index in [4.69, 9.17) is 16.3 Å². The summed E-state index contributed by atoms with van der Waals surface area (Å²) in [7, 11) is -2.35. The smallest absolute Gasteiger partial charge is 0.263 e. The summed E-state index contributed by atoms with van der Waals surface area (Å²) in [5, 5.41) is 2.83. The molecule has 0 fully saturated rings. The fourth-order valence-electron chi connectivity index (χ4n) is 2.48. The van der Waals surface area contributed by atoms with E-state index >= 15 is 0 Å². The molecule has 0 bridgehead atoms. The number of hydrogen-bond donors (Lipinski definition) is 2. The summed E-state index contributed by atoms with van der Waals surface area (Å²) >= 11 is 6.04. The first-order valence-corrected chi connectivity index (χ1v) is 9.04. The highest BCUT2D eigenvalue weighted by Crippen LogP contribution is 2.30. The van der Waals surface area contributed by atoms with Crippen molar-refractivity contribution in [3.8, 4) is 5.75 Å². The Morgan fingerprint density at radius 1 is 1.17 bits per heavy atom. The van der Waals surface area contributed by atoms with Crippen LogP contribution in [0.2, 0.25) is 5.02 Å². The minimum Gasteiger partial charge on any atom is -0.497 e. The van der Waals surface area contributed by atoms with Crippen molar-refractivity contribution in [2.75, 3.05) is 17.1 Å². The van der Waals surface area contributed by atoms with Crippen molar-refractivity contribution >= 4 is 38.9 Å². The first-order chi connectivity index (χ1) is 11.4. The Morgan fingerprint density at radius 2 is 1.96 bits per heavy atom. The second kappa shape index (κ2) is 6.33. The fraction of sp³-hybridized carbons (Fsp3) is 0.188. The van der Waals surface area contributed by atoms with Gasteiger partial charge in [0, 0.05) is 23.9 Å². The molecule has 1 aliphatic rings. The molecule has 24 heavy (non-hydrogen) atoms. The Bertz CT molecular complexity index is 912. The minimum atomic E-state index is -3.83. The number of sulfonamides is 1. The van der Waals surface area contributed by atoms with E-state index in [1.54, 1.807) is 18.2 Å². The molecule has 3 rings (SSSR count). The number of ether oxygens (including phenoxy) is 1. The van der Waals surface area contributed by atoms with E-state index in [-0.39, 0.29) is 15.8 Å². The van der Waals surface area contributed by atoms with Gasteiger partial charge in [-0.05, 0) is 42.3 Å². The largest absolute Gasteiger partial charge is 0.497 e. The van der Waals surface area contributed by atoms with E-state index in [0.29, 0.717) is 30.0 Å². The Labute approximate surface area is 144 Å². The van der Waals surface area contributed by atoms with Gasteiger partial charge in [0.25, 0.3) is 10.0 Å². The Kier molecular flexibility index (Phi) is 4.38. The lowest BCUT2D eigenvalue weighted by Gasteiger charge is -2.18. The van der Waals surface area contributed by atoms with Crippen LogP contribution >= 0.6 is 11.6 Å². The molecule has 0 saturated heterocycles. The van der Waals surface area contributed by atoms with Gasteiger partial charge in [0.05, 0.1) is 12.1 Å². The summed E-state index contributed by atoms with van der Waals surface area (Å²) in [4.78, 5) is 11.3. The zero-order valence-electron chi connectivity index (χ0n) is 12.8. The van der Waals surface area contributed by atoms with E-state index in [1.807, 2.05) is 0 Å². The molecular weight excluding hydrogens is 352 g/mol. The highest BCUT2D eigenvalue weighted by Gasteiger charge is 2.20. The first-order valence-electron chi connectivity index (χ1n) is 7.18. The molecule has 0 aromatic heterocycles. The Hall–Kier alpha value is -2.25. The van der Waals surface area contributed by atoms with Crippen LogP contribution in [0.1, 0.15) is 12.0 Å². The van der Waals surface area contributed by atoms with Crippen LogP contribution in [-0.2, 0) is 21.2 Å². The van der Waals surface area contributed by atoms with E-state index in [0.717, 1.165) is 5.56 Å². The monoisotopic (exact) mass is 366 g/mol. The quantitative estimate of drug-likeness (QED) is 0.871. The number of carbonyl (C=O) groups excluding carboxylic acids is 1. The molecule has 0 spiro atoms. The lowest BCUT2D eigenvalue weighted by atomic mass is 10.0. The predicted molar refractivity (Wildman–Crippen MR) is 92.2 cm³/mol. The highest BCUT2D eigenvalue weighted by atomic mass is 35.5. The zero-order valence-corrected chi connectivity index (χ0v) is 14.4. The third kappa shape index (κ3) is 3.32. The third-order valence-corrected chi connectivity index (χ3v) is 5.55. The Morgan fingerprint density at radius 3 is 2.67 bits per heavy atom. The second-order valence-electron chi connectivity index (χ2n) is 5.32. The third-order valence-electron chi connectivity index (χ3n) is 3.68. The van der Waals surface area contributed by atoms with Crippen LogP contribution in [-0.4, -0.2) is 21.4 Å². The number of hydrogen-bond acceptors (Lipinski definition) is 4. The van der Waals surface area contributed by atoms with Crippen molar-refractivity contribution in [1.82, 2.24) is 0 Å². The molecule has 0 unspecified atom stereocenters. The van der Waals surface area contributed by atoms with Crippen LogP contribution in [0.15, 0.2) is 41.3 Å². The summed E-state index contributed by atoms with van der Waals surface area (Å²) in [6.45, 7) is 0. The van der Waals surface area contributed by atoms with E-state index in [2.05, 4.69) is 10.0 Å². The highest BCUT2D eigenvalue weighted by molar-refractivity contribution is 7.92. The summed E-state index contributed by atoms with van der Waals surface area (Å²) in [5.41, 5.74) is 2.00. The van der Waals surface area contributed by atoms with Gasteiger partial charge in [-0.15, -0.1) is 0 Å². The fourth-order valence-corrected chi connectivity index (χ4v) is 4.07. The number of fused-ring (bicyclic) bond motifs is 1. The number of carbonyl (C=O) groups is 1. The van der Waals surface area contributed by atoms with Gasteiger partial charge in [0.15, 0.2) is 0 Å². The van der Waals surface area contributed by atoms with Crippen LogP contribution < -0.4 is 14.8 Å². The summed E-state index contributed by atoms with van der Waals surface area (Å²) in [6.07, 6.45) is 0.952. The van der Waals surface area contributed by atoms with Crippen molar-refractivity contribution in [1.29, 1.82) is 0 Å². The molecule has 0 atom stereocenters. The van der Waals surface area contributed by atoms with Gasteiger partial charge in [-0.25, -0.2) is 8.42 Å².